The quantitative estimate of drug-likeness (QED) is 0.771. The van der Waals surface area contributed by atoms with E-state index in [1.165, 1.54) is 17.7 Å². The van der Waals surface area contributed by atoms with E-state index >= 15 is 0 Å². The lowest BCUT2D eigenvalue weighted by Gasteiger charge is -2.41. The van der Waals surface area contributed by atoms with Gasteiger partial charge in [-0.15, -0.1) is 0 Å². The van der Waals surface area contributed by atoms with Crippen molar-refractivity contribution in [3.63, 3.8) is 0 Å². The summed E-state index contributed by atoms with van der Waals surface area (Å²) in [4.78, 5) is 4.84. The van der Waals surface area contributed by atoms with Crippen LogP contribution >= 0.6 is 0 Å². The first kappa shape index (κ1) is 19.8. The summed E-state index contributed by atoms with van der Waals surface area (Å²) in [7, 11) is 0. The summed E-state index contributed by atoms with van der Waals surface area (Å²) in [5.41, 5.74) is 2.38. The van der Waals surface area contributed by atoms with Gasteiger partial charge in [0.1, 0.15) is 11.6 Å². The fourth-order valence-electron chi connectivity index (χ4n) is 3.67. The molecule has 3 rings (SSSR count). The summed E-state index contributed by atoms with van der Waals surface area (Å²) >= 11 is 0. The van der Waals surface area contributed by atoms with E-state index in [0.29, 0.717) is 12.6 Å². The summed E-state index contributed by atoms with van der Waals surface area (Å²) in [5, 5.41) is 9.49. The van der Waals surface area contributed by atoms with E-state index in [-0.39, 0.29) is 12.4 Å². The molecule has 0 spiro atoms. The molecule has 1 aliphatic rings. The van der Waals surface area contributed by atoms with Gasteiger partial charge >= 0.3 is 0 Å². The van der Waals surface area contributed by atoms with Crippen LogP contribution in [-0.4, -0.2) is 53.8 Å². The van der Waals surface area contributed by atoms with E-state index < -0.39 is 0 Å². The molecule has 1 heterocycles. The maximum absolute atomic E-state index is 13.1. The Kier molecular flexibility index (Phi) is 7.21. The molecule has 1 atom stereocenters. The predicted octanol–water partition coefficient (Wildman–Crippen LogP) is 3.29. The minimum absolute atomic E-state index is 0.182. The van der Waals surface area contributed by atoms with Crippen LogP contribution in [0.3, 0.4) is 0 Å². The summed E-state index contributed by atoms with van der Waals surface area (Å²) in [6, 6.07) is 15.3. The van der Waals surface area contributed by atoms with Crippen LogP contribution in [0.2, 0.25) is 0 Å². The fraction of sp³-hybridized carbons (Fsp3) is 0.455. The van der Waals surface area contributed by atoms with Crippen molar-refractivity contribution < 1.29 is 14.2 Å². The molecule has 5 heteroatoms. The minimum Gasteiger partial charge on any atom is -0.494 e. The van der Waals surface area contributed by atoms with E-state index in [1.807, 2.05) is 31.2 Å². The highest BCUT2D eigenvalue weighted by molar-refractivity contribution is 5.27. The van der Waals surface area contributed by atoms with E-state index in [1.54, 1.807) is 0 Å². The minimum atomic E-state index is -0.203. The van der Waals surface area contributed by atoms with Crippen molar-refractivity contribution in [1.29, 1.82) is 0 Å². The lowest BCUT2D eigenvalue weighted by Crippen LogP contribution is -2.52. The van der Waals surface area contributed by atoms with Crippen LogP contribution in [0.1, 0.15) is 24.5 Å². The maximum atomic E-state index is 13.1. The topological polar surface area (TPSA) is 35.9 Å². The number of rotatable bonds is 8. The van der Waals surface area contributed by atoms with Crippen molar-refractivity contribution in [2.45, 2.75) is 32.5 Å². The summed E-state index contributed by atoms with van der Waals surface area (Å²) in [5.74, 6) is 0.703. The van der Waals surface area contributed by atoms with E-state index in [4.69, 9.17) is 4.74 Å². The third-order valence-electron chi connectivity index (χ3n) is 5.09. The van der Waals surface area contributed by atoms with E-state index in [0.717, 1.165) is 50.5 Å². The summed E-state index contributed by atoms with van der Waals surface area (Å²) in [6.07, 6.45) is 0.751. The van der Waals surface area contributed by atoms with Gasteiger partial charge in [0.15, 0.2) is 0 Å². The Balaban J connectivity index is 1.58. The molecule has 1 aliphatic heterocycles. The number of benzene rings is 2. The predicted molar refractivity (Wildman–Crippen MR) is 105 cm³/mol. The Morgan fingerprint density at radius 3 is 2.33 bits per heavy atom. The molecule has 0 aliphatic carbocycles. The zero-order valence-corrected chi connectivity index (χ0v) is 16.0. The van der Waals surface area contributed by atoms with E-state index in [9.17, 15) is 9.50 Å². The van der Waals surface area contributed by atoms with Crippen molar-refractivity contribution in [3.8, 4) is 5.75 Å². The van der Waals surface area contributed by atoms with Gasteiger partial charge < -0.3 is 9.84 Å². The molecule has 0 aromatic heterocycles. The molecule has 1 saturated heterocycles. The standard InChI is InChI=1S/C22H29FN2O2/c1-2-27-22-9-5-18(6-10-22)15-24-12-13-25(21(17-24)11-14-26)16-19-3-7-20(23)8-4-19/h3-10,21,26H,2,11-17H2,1H3/t21-/m0/s1. The van der Waals surface area contributed by atoms with Gasteiger partial charge in [-0.2, -0.15) is 0 Å². The van der Waals surface area contributed by atoms with Crippen molar-refractivity contribution in [2.24, 2.45) is 0 Å². The van der Waals surface area contributed by atoms with Crippen LogP contribution in [-0.2, 0) is 13.1 Å². The first-order chi connectivity index (χ1) is 13.2. The Bertz CT molecular complexity index is 690. The van der Waals surface area contributed by atoms with Gasteiger partial charge in [-0.1, -0.05) is 24.3 Å². The molecule has 1 N–H and O–H groups in total. The van der Waals surface area contributed by atoms with E-state index in [2.05, 4.69) is 21.9 Å². The summed E-state index contributed by atoms with van der Waals surface area (Å²) in [6.45, 7) is 7.39. The SMILES string of the molecule is CCOc1ccc(CN2CCN(Cc3ccc(F)cc3)[C@@H](CCO)C2)cc1. The maximum Gasteiger partial charge on any atom is 0.123 e. The largest absolute Gasteiger partial charge is 0.494 e. The van der Waals surface area contributed by atoms with Gasteiger partial charge in [0.25, 0.3) is 0 Å². The third-order valence-corrected chi connectivity index (χ3v) is 5.09. The average Bonchev–Trinajstić information content (AvgIpc) is 2.67. The summed E-state index contributed by atoms with van der Waals surface area (Å²) < 4.78 is 18.6. The Morgan fingerprint density at radius 1 is 1.00 bits per heavy atom. The highest BCUT2D eigenvalue weighted by atomic mass is 19.1. The number of piperazine rings is 1. The van der Waals surface area contributed by atoms with Crippen LogP contribution in [0.5, 0.6) is 5.75 Å². The number of ether oxygens (including phenoxy) is 1. The van der Waals surface area contributed by atoms with Gasteiger partial charge in [-0.3, -0.25) is 9.80 Å². The zero-order valence-electron chi connectivity index (χ0n) is 16.0. The average molecular weight is 372 g/mol. The van der Waals surface area contributed by atoms with Gasteiger partial charge in [-0.25, -0.2) is 4.39 Å². The van der Waals surface area contributed by atoms with Crippen LogP contribution < -0.4 is 4.74 Å². The Hall–Kier alpha value is -1.95. The van der Waals surface area contributed by atoms with Gasteiger partial charge in [0.05, 0.1) is 6.61 Å². The van der Waals surface area contributed by atoms with Crippen molar-refractivity contribution in [3.05, 3.63) is 65.5 Å². The molecule has 2 aromatic rings. The monoisotopic (exact) mass is 372 g/mol. The Morgan fingerprint density at radius 2 is 1.67 bits per heavy atom. The molecule has 0 amide bonds. The molecule has 27 heavy (non-hydrogen) atoms. The molecular weight excluding hydrogens is 343 g/mol. The smallest absolute Gasteiger partial charge is 0.123 e. The lowest BCUT2D eigenvalue weighted by molar-refractivity contribution is 0.0499. The number of aliphatic hydroxyl groups is 1. The van der Waals surface area contributed by atoms with Crippen molar-refractivity contribution >= 4 is 0 Å². The van der Waals surface area contributed by atoms with Crippen LogP contribution in [0, 0.1) is 5.82 Å². The molecule has 0 saturated carbocycles. The first-order valence-electron chi connectivity index (χ1n) is 9.71. The lowest BCUT2D eigenvalue weighted by atomic mass is 10.1. The van der Waals surface area contributed by atoms with Crippen molar-refractivity contribution in [2.75, 3.05) is 32.8 Å². The number of hydrogen-bond donors (Lipinski definition) is 1. The van der Waals surface area contributed by atoms with Crippen LogP contribution in [0.25, 0.3) is 0 Å². The van der Waals surface area contributed by atoms with Gasteiger partial charge in [0.2, 0.25) is 0 Å². The normalized spacial score (nSPS) is 18.6. The van der Waals surface area contributed by atoms with Gasteiger partial charge in [0, 0.05) is 45.4 Å². The molecule has 0 unspecified atom stereocenters. The first-order valence-corrected chi connectivity index (χ1v) is 9.71. The third kappa shape index (κ3) is 5.76. The molecule has 4 nitrogen and oxygen atoms in total. The Labute approximate surface area is 161 Å². The second-order valence-corrected chi connectivity index (χ2v) is 7.08. The number of halogens is 1. The second-order valence-electron chi connectivity index (χ2n) is 7.08. The number of aliphatic hydroxyl groups excluding tert-OH is 1. The molecule has 1 fully saturated rings. The highest BCUT2D eigenvalue weighted by Gasteiger charge is 2.26. The van der Waals surface area contributed by atoms with Crippen LogP contribution in [0.15, 0.2) is 48.5 Å². The van der Waals surface area contributed by atoms with Crippen LogP contribution in [0.4, 0.5) is 4.39 Å². The van der Waals surface area contributed by atoms with Crippen molar-refractivity contribution in [1.82, 2.24) is 9.80 Å². The fourth-order valence-corrected chi connectivity index (χ4v) is 3.67. The zero-order chi connectivity index (χ0) is 19.1. The molecule has 0 radical (unpaired) electrons. The van der Waals surface area contributed by atoms with Gasteiger partial charge in [-0.05, 0) is 48.7 Å². The number of nitrogens with zero attached hydrogens (tertiary/aromatic N) is 2. The highest BCUT2D eigenvalue weighted by Crippen LogP contribution is 2.20. The molecule has 146 valence electrons. The second kappa shape index (κ2) is 9.83. The number of hydrogen-bond acceptors (Lipinski definition) is 4. The molecule has 0 bridgehead atoms. The molecular formula is C22H29FN2O2. The molecule has 2 aromatic carbocycles.